The third kappa shape index (κ3) is 11.8. The molecule has 7 nitrogen and oxygen atoms in total. The van der Waals surface area contributed by atoms with Crippen molar-refractivity contribution in [2.45, 2.75) is 131 Å². The van der Waals surface area contributed by atoms with Crippen LogP contribution in [0.2, 0.25) is 0 Å². The molecule has 0 saturated heterocycles. The number of hydrogen-bond acceptors (Lipinski definition) is 5. The van der Waals surface area contributed by atoms with E-state index < -0.39 is 0 Å². The van der Waals surface area contributed by atoms with E-state index in [-0.39, 0.29) is 42.7 Å². The van der Waals surface area contributed by atoms with E-state index in [1.807, 2.05) is 12.3 Å². The standard InChI is InChI=1S/C87H81N6O.Pt/c1-84(2,3)61-37-33-58(34-38-61)72-48-64(87(10,11)12)49-73(59-35-39-62(40-36-59)85(4,5)6)83(72)92-55-91(78-53-74-77(54-79(78)92)90-45-22-21-32-80(90)89-74)65-46-60(82-68(56-24-15-13-16-25-56)29-23-30-69(82)57-26-17-14-18-27-57)47-67(51-65)94-66-41-42-71-70-28-19-20-31-75(70)93(76(71)52-66)81-50-63(43-44-88-81)86(7,8)9;/h13-20,23-31,33-44,46-50,53-55H,21-22,32,45H2,1-12H3;/q-3;. The number of hydrogen-bond donors (Lipinski definition) is 0. The Bertz CT molecular complexity index is 4910. The van der Waals surface area contributed by atoms with Crippen LogP contribution in [0.15, 0.2) is 219 Å². The van der Waals surface area contributed by atoms with Crippen LogP contribution in [-0.4, -0.2) is 19.1 Å². The minimum atomic E-state index is -0.173. The summed E-state index contributed by atoms with van der Waals surface area (Å²) in [4.78, 5) is 15.3. The van der Waals surface area contributed by atoms with Gasteiger partial charge >= 0.3 is 0 Å². The Morgan fingerprint density at radius 3 is 1.63 bits per heavy atom. The van der Waals surface area contributed by atoms with Crippen LogP contribution in [-0.2, 0) is 55.7 Å². The van der Waals surface area contributed by atoms with Gasteiger partial charge < -0.3 is 23.7 Å². The van der Waals surface area contributed by atoms with E-state index in [2.05, 4.69) is 327 Å². The van der Waals surface area contributed by atoms with Crippen LogP contribution in [0.25, 0.3) is 94.3 Å². The van der Waals surface area contributed by atoms with Gasteiger partial charge in [-0.15, -0.1) is 53.6 Å². The maximum Gasteiger partial charge on any atom is 0.135 e. The molecule has 0 bridgehead atoms. The summed E-state index contributed by atoms with van der Waals surface area (Å²) in [6.45, 7) is 30.7. The normalized spacial score (nSPS) is 13.6. The zero-order valence-electron chi connectivity index (χ0n) is 56.6. The maximum atomic E-state index is 7.38. The fourth-order valence-electron chi connectivity index (χ4n) is 14.0. The van der Waals surface area contributed by atoms with Crippen LogP contribution in [0.4, 0.5) is 22.7 Å². The van der Waals surface area contributed by atoms with Crippen LogP contribution < -0.4 is 14.5 Å². The van der Waals surface area contributed by atoms with Crippen molar-refractivity contribution in [2.24, 2.45) is 0 Å². The quantitative estimate of drug-likeness (QED) is 0.128. The third-order valence-corrected chi connectivity index (χ3v) is 19.3. The smallest absolute Gasteiger partial charge is 0.135 e. The van der Waals surface area contributed by atoms with Crippen molar-refractivity contribution in [1.82, 2.24) is 19.1 Å². The number of nitrogens with zero attached hydrogens (tertiary/aromatic N) is 6. The monoisotopic (exact) mass is 1420 g/mol. The molecule has 0 N–H and O–H groups in total. The summed E-state index contributed by atoms with van der Waals surface area (Å²) in [6.07, 6.45) is 5.11. The number of benzene rings is 10. The molecular formula is C87H81N6OPt-3. The molecule has 3 aromatic heterocycles. The van der Waals surface area contributed by atoms with Gasteiger partial charge in [0, 0.05) is 85.4 Å². The Morgan fingerprint density at radius 1 is 0.442 bits per heavy atom. The van der Waals surface area contributed by atoms with Gasteiger partial charge in [0.2, 0.25) is 0 Å². The number of anilines is 4. The first-order chi connectivity index (χ1) is 45.1. The summed E-state index contributed by atoms with van der Waals surface area (Å²) < 4.78 is 12.1. The van der Waals surface area contributed by atoms with E-state index in [1.165, 1.54) is 22.3 Å². The molecular weight excluding hydrogens is 1340 g/mol. The fourth-order valence-corrected chi connectivity index (χ4v) is 14.0. The Labute approximate surface area is 575 Å². The zero-order valence-corrected chi connectivity index (χ0v) is 58.9. The van der Waals surface area contributed by atoms with Gasteiger partial charge in [-0.25, -0.2) is 9.97 Å². The van der Waals surface area contributed by atoms with E-state index >= 15 is 0 Å². The molecule has 2 aliphatic heterocycles. The first-order valence-corrected chi connectivity index (χ1v) is 33.4. The number of aryl methyl sites for hydroxylation is 2. The van der Waals surface area contributed by atoms with E-state index in [1.54, 1.807) is 0 Å². The number of ether oxygens (including phenoxy) is 1. The van der Waals surface area contributed by atoms with Gasteiger partial charge in [-0.3, -0.25) is 0 Å². The molecule has 8 heteroatoms. The molecule has 2 aliphatic rings. The van der Waals surface area contributed by atoms with Crippen molar-refractivity contribution < 1.29 is 25.8 Å². The predicted molar refractivity (Wildman–Crippen MR) is 392 cm³/mol. The molecule has 10 aromatic carbocycles. The molecule has 0 fully saturated rings. The Hall–Kier alpha value is -9.29. The maximum absolute atomic E-state index is 7.38. The summed E-state index contributed by atoms with van der Waals surface area (Å²) in [5.74, 6) is 3.07. The first kappa shape index (κ1) is 63.1. The Balaban J connectivity index is 0.00000778. The minimum Gasteiger partial charge on any atom is -0.509 e. The topological polar surface area (TPSA) is 51.4 Å². The number of para-hydroxylation sites is 1. The zero-order chi connectivity index (χ0) is 65.0. The predicted octanol–water partition coefficient (Wildman–Crippen LogP) is 23.2. The summed E-state index contributed by atoms with van der Waals surface area (Å²) in [7, 11) is 0. The van der Waals surface area contributed by atoms with Crippen LogP contribution in [0.3, 0.4) is 0 Å². The molecule has 478 valence electrons. The molecule has 0 aliphatic carbocycles. The summed E-state index contributed by atoms with van der Waals surface area (Å²) in [5.41, 5.74) is 23.8. The summed E-state index contributed by atoms with van der Waals surface area (Å²) in [5, 5.41) is 2.18. The molecule has 0 unspecified atom stereocenters. The largest absolute Gasteiger partial charge is 0.509 e. The van der Waals surface area contributed by atoms with Gasteiger partial charge in [0.15, 0.2) is 0 Å². The van der Waals surface area contributed by atoms with Gasteiger partial charge in [-0.2, -0.15) is 6.07 Å². The molecule has 13 aromatic rings. The summed E-state index contributed by atoms with van der Waals surface area (Å²) >= 11 is 0. The number of aromatic nitrogens is 4. The van der Waals surface area contributed by atoms with Crippen molar-refractivity contribution in [3.8, 4) is 73.0 Å². The van der Waals surface area contributed by atoms with Crippen molar-refractivity contribution in [3.63, 3.8) is 0 Å². The average molecular weight is 1420 g/mol. The SMILES string of the molecule is CC(C)(C)c1ccc(-c2cc(C(C)(C)C)cc(-c3ccc(C(C)(C)C)cc3)c2N2[CH-]N(c3[c-]c(Oc4[c-]c5c(cc4)c4ccccc4n5-c4cc(C(C)(C)C)ccn4)cc(-c4c(-c5ccccc5)cccc4-c4ccccc4)c3)c3cc4nc5n(c4cc32)CCCC5)cc1.[Pt]. The molecule has 95 heavy (non-hydrogen) atoms. The van der Waals surface area contributed by atoms with Crippen LogP contribution in [0.1, 0.15) is 124 Å². The Morgan fingerprint density at radius 2 is 1.02 bits per heavy atom. The van der Waals surface area contributed by atoms with Crippen LogP contribution in [0, 0.1) is 18.8 Å². The minimum absolute atomic E-state index is 0. The van der Waals surface area contributed by atoms with Crippen molar-refractivity contribution in [2.75, 3.05) is 9.80 Å². The Kier molecular flexibility index (Phi) is 16.1. The van der Waals surface area contributed by atoms with Crippen molar-refractivity contribution >= 4 is 55.6 Å². The third-order valence-electron chi connectivity index (χ3n) is 19.3. The van der Waals surface area contributed by atoms with Crippen LogP contribution in [0.5, 0.6) is 11.5 Å². The second-order valence-electron chi connectivity index (χ2n) is 29.9. The van der Waals surface area contributed by atoms with Gasteiger partial charge in [0.25, 0.3) is 0 Å². The molecule has 0 atom stereocenters. The van der Waals surface area contributed by atoms with Gasteiger partial charge in [-0.1, -0.05) is 234 Å². The van der Waals surface area contributed by atoms with Crippen molar-refractivity contribution in [3.05, 3.63) is 265 Å². The molecule has 0 amide bonds. The summed E-state index contributed by atoms with van der Waals surface area (Å²) in [6, 6.07) is 85.9. The van der Waals surface area contributed by atoms with E-state index in [9.17, 15) is 0 Å². The average Bonchev–Trinajstić information content (AvgIpc) is 1.63. The van der Waals surface area contributed by atoms with E-state index in [0.29, 0.717) is 11.5 Å². The number of rotatable bonds is 10. The fraction of sp³-hybridized carbons (Fsp3) is 0.230. The molecule has 0 radical (unpaired) electrons. The molecule has 0 saturated carbocycles. The molecule has 5 heterocycles. The second-order valence-corrected chi connectivity index (χ2v) is 29.9. The molecule has 0 spiro atoms. The van der Waals surface area contributed by atoms with E-state index in [0.717, 1.165) is 149 Å². The number of imidazole rings is 1. The van der Waals surface area contributed by atoms with E-state index in [4.69, 9.17) is 14.7 Å². The van der Waals surface area contributed by atoms with Gasteiger partial charge in [0.1, 0.15) is 11.6 Å². The molecule has 15 rings (SSSR count). The van der Waals surface area contributed by atoms with Gasteiger partial charge in [0.05, 0.1) is 11.0 Å². The van der Waals surface area contributed by atoms with Crippen molar-refractivity contribution in [1.29, 1.82) is 0 Å². The number of pyridine rings is 1. The second kappa shape index (κ2) is 24.2. The van der Waals surface area contributed by atoms with Crippen LogP contribution >= 0.6 is 0 Å². The van der Waals surface area contributed by atoms with Gasteiger partial charge in [-0.05, 0) is 144 Å². The first-order valence-electron chi connectivity index (χ1n) is 33.4. The number of fused-ring (bicyclic) bond motifs is 7.